The molecule has 0 amide bonds. The number of aliphatic hydroxyl groups excluding tert-OH is 1. The van der Waals surface area contributed by atoms with Crippen LogP contribution in [0.15, 0.2) is 24.4 Å². The number of pyridine rings is 1. The van der Waals surface area contributed by atoms with Gasteiger partial charge in [0.1, 0.15) is 19.0 Å². The van der Waals surface area contributed by atoms with E-state index in [0.717, 1.165) is 28.1 Å². The molecule has 0 saturated heterocycles. The molecule has 2 heterocycles. The predicted molar refractivity (Wildman–Crippen MR) is 77.5 cm³/mol. The zero-order valence-electron chi connectivity index (χ0n) is 11.4. The van der Waals surface area contributed by atoms with Gasteiger partial charge in [-0.1, -0.05) is 0 Å². The van der Waals surface area contributed by atoms with Crippen molar-refractivity contribution >= 4 is 16.6 Å². The van der Waals surface area contributed by atoms with Gasteiger partial charge in [-0.05, 0) is 36.9 Å². The van der Waals surface area contributed by atoms with Crippen LogP contribution in [0, 0.1) is 0 Å². The summed E-state index contributed by atoms with van der Waals surface area (Å²) in [4.78, 5) is 4.39. The highest BCUT2D eigenvalue weighted by atomic mass is 16.6. The molecule has 0 aliphatic carbocycles. The summed E-state index contributed by atoms with van der Waals surface area (Å²) < 4.78 is 11.2. The smallest absolute Gasteiger partial charge is 0.162 e. The van der Waals surface area contributed by atoms with Crippen molar-refractivity contribution in [3.8, 4) is 11.5 Å². The largest absolute Gasteiger partial charge is 0.486 e. The molecule has 3 rings (SSSR count). The van der Waals surface area contributed by atoms with E-state index in [4.69, 9.17) is 14.6 Å². The van der Waals surface area contributed by atoms with Crippen LogP contribution in [0.3, 0.4) is 0 Å². The summed E-state index contributed by atoms with van der Waals surface area (Å²) in [5.41, 5.74) is 0. The van der Waals surface area contributed by atoms with E-state index < -0.39 is 0 Å². The normalized spacial score (nSPS) is 15.1. The fourth-order valence-corrected chi connectivity index (χ4v) is 2.32. The minimum absolute atomic E-state index is 0.158. The Morgan fingerprint density at radius 3 is 2.80 bits per heavy atom. The lowest BCUT2D eigenvalue weighted by molar-refractivity contribution is 0.172. The molecular formula is C15H18N2O3. The van der Waals surface area contributed by atoms with Crippen molar-refractivity contribution < 1.29 is 14.6 Å². The highest BCUT2D eigenvalue weighted by Gasteiger charge is 2.15. The van der Waals surface area contributed by atoms with Crippen molar-refractivity contribution in [1.29, 1.82) is 0 Å². The zero-order valence-corrected chi connectivity index (χ0v) is 11.4. The lowest BCUT2D eigenvalue weighted by Crippen LogP contribution is -2.18. The number of ether oxygens (including phenoxy) is 2. The Kier molecular flexibility index (Phi) is 3.60. The Morgan fingerprint density at radius 2 is 2.05 bits per heavy atom. The van der Waals surface area contributed by atoms with Gasteiger partial charge in [0.2, 0.25) is 0 Å². The molecule has 2 aromatic rings. The van der Waals surface area contributed by atoms with E-state index in [1.165, 1.54) is 0 Å². The lowest BCUT2D eigenvalue weighted by Gasteiger charge is -2.20. The van der Waals surface area contributed by atoms with Crippen LogP contribution in [0.5, 0.6) is 11.5 Å². The molecule has 5 heteroatoms. The van der Waals surface area contributed by atoms with Gasteiger partial charge in [-0.25, -0.2) is 4.98 Å². The van der Waals surface area contributed by atoms with Crippen molar-refractivity contribution in [1.82, 2.24) is 4.98 Å². The van der Waals surface area contributed by atoms with Gasteiger partial charge in [-0.15, -0.1) is 0 Å². The Balaban J connectivity index is 2.00. The Morgan fingerprint density at radius 1 is 1.30 bits per heavy atom. The van der Waals surface area contributed by atoms with Crippen LogP contribution >= 0.6 is 0 Å². The highest BCUT2D eigenvalue weighted by molar-refractivity contribution is 5.94. The van der Waals surface area contributed by atoms with Crippen LogP contribution in [0.1, 0.15) is 13.3 Å². The van der Waals surface area contributed by atoms with Crippen LogP contribution in [-0.2, 0) is 0 Å². The topological polar surface area (TPSA) is 63.6 Å². The molecule has 106 valence electrons. The number of nitrogens with zero attached hydrogens (tertiary/aromatic N) is 1. The molecule has 1 aliphatic heterocycles. The molecule has 1 aromatic carbocycles. The third kappa shape index (κ3) is 2.49. The number of benzene rings is 1. The average molecular weight is 274 g/mol. The Hall–Kier alpha value is -2.01. The van der Waals surface area contributed by atoms with Gasteiger partial charge >= 0.3 is 0 Å². The first-order valence-corrected chi connectivity index (χ1v) is 6.83. The Bertz CT molecular complexity index is 615. The Labute approximate surface area is 117 Å². The van der Waals surface area contributed by atoms with Crippen LogP contribution in [0.4, 0.5) is 5.82 Å². The van der Waals surface area contributed by atoms with Crippen molar-refractivity contribution in [3.63, 3.8) is 0 Å². The molecule has 1 atom stereocenters. The third-order valence-electron chi connectivity index (χ3n) is 3.37. The second kappa shape index (κ2) is 5.54. The number of rotatable bonds is 4. The lowest BCUT2D eigenvalue weighted by atomic mass is 10.1. The monoisotopic (exact) mass is 274 g/mol. The fraction of sp³-hybridized carbons (Fsp3) is 0.400. The summed E-state index contributed by atoms with van der Waals surface area (Å²) in [6, 6.07) is 6.06. The number of aromatic nitrogens is 1. The molecule has 0 fully saturated rings. The number of fused-ring (bicyclic) bond motifs is 2. The summed E-state index contributed by atoms with van der Waals surface area (Å²) in [5.74, 6) is 2.35. The van der Waals surface area contributed by atoms with E-state index in [-0.39, 0.29) is 12.6 Å². The molecule has 5 nitrogen and oxygen atoms in total. The SMILES string of the molecule is CC(CCO)Nc1nccc2cc3c(cc12)OCCO3. The van der Waals surface area contributed by atoms with Crippen molar-refractivity contribution in [2.24, 2.45) is 0 Å². The van der Waals surface area contributed by atoms with Crippen LogP contribution in [0.2, 0.25) is 0 Å². The first-order valence-electron chi connectivity index (χ1n) is 6.83. The fourth-order valence-electron chi connectivity index (χ4n) is 2.32. The number of anilines is 1. The predicted octanol–water partition coefficient (Wildman–Crippen LogP) is 2.19. The average Bonchev–Trinajstić information content (AvgIpc) is 2.46. The van der Waals surface area contributed by atoms with Gasteiger partial charge in [0.15, 0.2) is 11.5 Å². The van der Waals surface area contributed by atoms with E-state index in [1.807, 2.05) is 25.1 Å². The van der Waals surface area contributed by atoms with E-state index in [9.17, 15) is 0 Å². The second-order valence-corrected chi connectivity index (χ2v) is 4.93. The van der Waals surface area contributed by atoms with Gasteiger partial charge in [-0.3, -0.25) is 0 Å². The molecule has 20 heavy (non-hydrogen) atoms. The summed E-state index contributed by atoms with van der Waals surface area (Å²) in [5, 5.41) is 14.4. The summed E-state index contributed by atoms with van der Waals surface area (Å²) in [6.07, 6.45) is 2.45. The van der Waals surface area contributed by atoms with Gasteiger partial charge in [0.25, 0.3) is 0 Å². The maximum atomic E-state index is 8.99. The van der Waals surface area contributed by atoms with Crippen LogP contribution in [-0.4, -0.2) is 36.0 Å². The molecular weight excluding hydrogens is 256 g/mol. The summed E-state index contributed by atoms with van der Waals surface area (Å²) in [7, 11) is 0. The maximum Gasteiger partial charge on any atom is 0.162 e. The van der Waals surface area contributed by atoms with Crippen LogP contribution in [0.25, 0.3) is 10.8 Å². The van der Waals surface area contributed by atoms with E-state index in [1.54, 1.807) is 6.20 Å². The summed E-state index contributed by atoms with van der Waals surface area (Å²) >= 11 is 0. The molecule has 1 unspecified atom stereocenters. The number of hydrogen-bond acceptors (Lipinski definition) is 5. The standard InChI is InChI=1S/C15H18N2O3/c1-10(3-5-18)17-15-12-9-14-13(19-6-7-20-14)8-11(12)2-4-16-15/h2,4,8-10,18H,3,5-7H2,1H3,(H,16,17). The maximum absolute atomic E-state index is 8.99. The molecule has 0 bridgehead atoms. The molecule has 1 aromatic heterocycles. The van der Waals surface area contributed by atoms with Crippen LogP contribution < -0.4 is 14.8 Å². The van der Waals surface area contributed by atoms with Gasteiger partial charge < -0.3 is 19.9 Å². The number of aliphatic hydroxyl groups is 1. The molecule has 1 aliphatic rings. The van der Waals surface area contributed by atoms with Gasteiger partial charge in [-0.2, -0.15) is 0 Å². The zero-order chi connectivity index (χ0) is 13.9. The molecule has 0 spiro atoms. The second-order valence-electron chi connectivity index (χ2n) is 4.93. The number of nitrogens with one attached hydrogen (secondary N) is 1. The summed E-state index contributed by atoms with van der Waals surface area (Å²) in [6.45, 7) is 3.34. The van der Waals surface area contributed by atoms with E-state index in [2.05, 4.69) is 10.3 Å². The molecule has 2 N–H and O–H groups in total. The van der Waals surface area contributed by atoms with Crippen molar-refractivity contribution in [3.05, 3.63) is 24.4 Å². The first kappa shape index (κ1) is 13.0. The van der Waals surface area contributed by atoms with Crippen molar-refractivity contribution in [2.45, 2.75) is 19.4 Å². The van der Waals surface area contributed by atoms with Gasteiger partial charge in [0.05, 0.1) is 0 Å². The van der Waals surface area contributed by atoms with E-state index >= 15 is 0 Å². The molecule has 0 saturated carbocycles. The third-order valence-corrected chi connectivity index (χ3v) is 3.37. The van der Waals surface area contributed by atoms with Crippen molar-refractivity contribution in [2.75, 3.05) is 25.1 Å². The highest BCUT2D eigenvalue weighted by Crippen LogP contribution is 2.36. The molecule has 0 radical (unpaired) electrons. The minimum Gasteiger partial charge on any atom is -0.486 e. The first-order chi connectivity index (χ1) is 9.78. The van der Waals surface area contributed by atoms with Gasteiger partial charge in [0, 0.05) is 24.2 Å². The minimum atomic E-state index is 0.158. The quantitative estimate of drug-likeness (QED) is 0.894. The van der Waals surface area contributed by atoms with E-state index in [0.29, 0.717) is 19.6 Å². The number of hydrogen-bond donors (Lipinski definition) is 2.